The number of hydrogen-bond donors (Lipinski definition) is 0. The number of hydrogen-bond acceptors (Lipinski definition) is 2. The molecule has 3 rings (SSSR count). The minimum absolute atomic E-state index is 0.707. The van der Waals surface area contributed by atoms with Gasteiger partial charge < -0.3 is 4.40 Å². The summed E-state index contributed by atoms with van der Waals surface area (Å²) >= 11 is 0. The van der Waals surface area contributed by atoms with E-state index in [0.29, 0.717) is 5.56 Å². The second kappa shape index (κ2) is 2.92. The topological polar surface area (TPSA) is 34.4 Å². The van der Waals surface area contributed by atoms with Crippen molar-refractivity contribution in [2.24, 2.45) is 0 Å². The third-order valence-electron chi connectivity index (χ3n) is 2.61. The Balaban J connectivity index is 2.68. The van der Waals surface area contributed by atoms with E-state index >= 15 is 0 Å². The third-order valence-corrected chi connectivity index (χ3v) is 2.61. The van der Waals surface area contributed by atoms with Gasteiger partial charge in [0.15, 0.2) is 6.29 Å². The normalized spacial score (nSPS) is 10.9. The molecule has 0 aliphatic heterocycles. The Hall–Kier alpha value is -2.16. The van der Waals surface area contributed by atoms with Crippen molar-refractivity contribution in [3.63, 3.8) is 0 Å². The van der Waals surface area contributed by atoms with Crippen molar-refractivity contribution >= 4 is 22.7 Å². The van der Waals surface area contributed by atoms with E-state index in [1.54, 1.807) is 12.4 Å². The van der Waals surface area contributed by atoms with Crippen molar-refractivity contribution in [2.75, 3.05) is 0 Å². The van der Waals surface area contributed by atoms with Gasteiger partial charge in [0.25, 0.3) is 0 Å². The zero-order valence-electron chi connectivity index (χ0n) is 7.92. The molecular formula is C12H8N2O. The quantitative estimate of drug-likeness (QED) is 0.559. The lowest BCUT2D eigenvalue weighted by Crippen LogP contribution is -1.84. The number of fused-ring (bicyclic) bond motifs is 3. The van der Waals surface area contributed by atoms with Gasteiger partial charge in [-0.3, -0.25) is 9.78 Å². The molecule has 0 aliphatic carbocycles. The van der Waals surface area contributed by atoms with Gasteiger partial charge >= 0.3 is 0 Å². The van der Waals surface area contributed by atoms with Crippen LogP contribution in [-0.4, -0.2) is 15.7 Å². The summed E-state index contributed by atoms with van der Waals surface area (Å²) in [6, 6.07) is 7.84. The average molecular weight is 196 g/mol. The lowest BCUT2D eigenvalue weighted by atomic mass is 10.2. The van der Waals surface area contributed by atoms with Crippen LogP contribution in [0.15, 0.2) is 42.9 Å². The number of para-hydroxylation sites is 1. The largest absolute Gasteiger partial charge is 0.313 e. The Morgan fingerprint density at radius 1 is 1.20 bits per heavy atom. The summed E-state index contributed by atoms with van der Waals surface area (Å²) in [6.45, 7) is 0. The van der Waals surface area contributed by atoms with Crippen LogP contribution in [0, 0.1) is 0 Å². The highest BCUT2D eigenvalue weighted by Gasteiger charge is 2.09. The molecule has 15 heavy (non-hydrogen) atoms. The van der Waals surface area contributed by atoms with Gasteiger partial charge in [0.1, 0.15) is 0 Å². The second-order valence-corrected chi connectivity index (χ2v) is 3.38. The molecule has 72 valence electrons. The Bertz CT molecular complexity index is 602. The van der Waals surface area contributed by atoms with Crippen LogP contribution in [0.4, 0.5) is 0 Å². The van der Waals surface area contributed by atoms with Crippen molar-refractivity contribution in [3.8, 4) is 0 Å². The van der Waals surface area contributed by atoms with Crippen LogP contribution >= 0.6 is 0 Å². The van der Waals surface area contributed by atoms with Gasteiger partial charge in [-0.25, -0.2) is 0 Å². The number of nitrogens with zero attached hydrogens (tertiary/aromatic N) is 2. The SMILES string of the molecule is O=Cc1c2ccccc2n2ccncc12. The van der Waals surface area contributed by atoms with Gasteiger partial charge in [0.2, 0.25) is 0 Å². The summed E-state index contributed by atoms with van der Waals surface area (Å²) in [7, 11) is 0. The molecule has 0 atom stereocenters. The number of aromatic nitrogens is 2. The van der Waals surface area contributed by atoms with Crippen LogP contribution in [0.5, 0.6) is 0 Å². The van der Waals surface area contributed by atoms with Gasteiger partial charge in [0.05, 0.1) is 17.2 Å². The molecule has 0 saturated carbocycles. The van der Waals surface area contributed by atoms with Crippen molar-refractivity contribution < 1.29 is 4.79 Å². The van der Waals surface area contributed by atoms with E-state index in [2.05, 4.69) is 4.98 Å². The summed E-state index contributed by atoms with van der Waals surface area (Å²) in [6.07, 6.45) is 6.18. The number of carbonyl (C=O) groups excluding carboxylic acids is 1. The van der Waals surface area contributed by atoms with Crippen LogP contribution in [-0.2, 0) is 0 Å². The second-order valence-electron chi connectivity index (χ2n) is 3.38. The zero-order valence-corrected chi connectivity index (χ0v) is 7.92. The Morgan fingerprint density at radius 3 is 2.93 bits per heavy atom. The zero-order chi connectivity index (χ0) is 10.3. The van der Waals surface area contributed by atoms with Crippen molar-refractivity contribution in [2.45, 2.75) is 0 Å². The van der Waals surface area contributed by atoms with E-state index in [0.717, 1.165) is 22.7 Å². The summed E-state index contributed by atoms with van der Waals surface area (Å²) in [5.41, 5.74) is 2.60. The van der Waals surface area contributed by atoms with Crippen LogP contribution in [0.2, 0.25) is 0 Å². The molecule has 3 aromatic rings. The summed E-state index contributed by atoms with van der Waals surface area (Å²) in [5, 5.41) is 0.973. The molecule has 0 radical (unpaired) electrons. The molecule has 1 aromatic carbocycles. The van der Waals surface area contributed by atoms with E-state index in [9.17, 15) is 4.79 Å². The monoisotopic (exact) mass is 196 g/mol. The Morgan fingerprint density at radius 2 is 2.07 bits per heavy atom. The molecule has 0 fully saturated rings. The first kappa shape index (κ1) is 8.17. The van der Waals surface area contributed by atoms with Crippen molar-refractivity contribution in [1.29, 1.82) is 0 Å². The molecule has 2 aromatic heterocycles. The molecule has 0 unspecified atom stereocenters. The van der Waals surface area contributed by atoms with Crippen LogP contribution in [0.25, 0.3) is 16.4 Å². The fourth-order valence-corrected chi connectivity index (χ4v) is 1.94. The van der Waals surface area contributed by atoms with E-state index < -0.39 is 0 Å². The summed E-state index contributed by atoms with van der Waals surface area (Å²) < 4.78 is 1.98. The maximum atomic E-state index is 11.1. The highest BCUT2D eigenvalue weighted by Crippen LogP contribution is 2.23. The molecule has 3 nitrogen and oxygen atoms in total. The molecule has 0 saturated heterocycles. The number of aldehydes is 1. The minimum atomic E-state index is 0.707. The van der Waals surface area contributed by atoms with Crippen LogP contribution in [0.1, 0.15) is 10.4 Å². The van der Waals surface area contributed by atoms with Crippen LogP contribution in [0.3, 0.4) is 0 Å². The smallest absolute Gasteiger partial charge is 0.152 e. The predicted molar refractivity (Wildman–Crippen MR) is 58.1 cm³/mol. The molecule has 3 heteroatoms. The van der Waals surface area contributed by atoms with E-state index in [1.165, 1.54) is 0 Å². The third kappa shape index (κ3) is 1.00. The number of benzene rings is 1. The average Bonchev–Trinajstić information content (AvgIpc) is 2.63. The molecule has 0 N–H and O–H groups in total. The summed E-state index contributed by atoms with van der Waals surface area (Å²) in [5.74, 6) is 0. The van der Waals surface area contributed by atoms with E-state index in [1.807, 2.05) is 34.9 Å². The maximum absolute atomic E-state index is 11.1. The Labute approximate surface area is 86.0 Å². The first-order valence-electron chi connectivity index (χ1n) is 4.70. The minimum Gasteiger partial charge on any atom is -0.313 e. The number of rotatable bonds is 1. The lowest BCUT2D eigenvalue weighted by molar-refractivity contribution is 0.112. The van der Waals surface area contributed by atoms with Crippen LogP contribution < -0.4 is 0 Å². The van der Waals surface area contributed by atoms with Gasteiger partial charge in [0, 0.05) is 23.3 Å². The van der Waals surface area contributed by atoms with Gasteiger partial charge in [-0.2, -0.15) is 0 Å². The predicted octanol–water partition coefficient (Wildman–Crippen LogP) is 2.30. The first-order valence-corrected chi connectivity index (χ1v) is 4.70. The molecular weight excluding hydrogens is 188 g/mol. The number of carbonyl (C=O) groups is 1. The van der Waals surface area contributed by atoms with Gasteiger partial charge in [-0.15, -0.1) is 0 Å². The maximum Gasteiger partial charge on any atom is 0.152 e. The van der Waals surface area contributed by atoms with Gasteiger partial charge in [-0.05, 0) is 6.07 Å². The fourth-order valence-electron chi connectivity index (χ4n) is 1.94. The highest BCUT2D eigenvalue weighted by molar-refractivity contribution is 6.05. The highest BCUT2D eigenvalue weighted by atomic mass is 16.1. The fraction of sp³-hybridized carbons (Fsp3) is 0. The van der Waals surface area contributed by atoms with Crippen molar-refractivity contribution in [1.82, 2.24) is 9.38 Å². The van der Waals surface area contributed by atoms with E-state index in [-0.39, 0.29) is 0 Å². The summed E-state index contributed by atoms with van der Waals surface area (Å²) in [4.78, 5) is 15.1. The molecule has 2 heterocycles. The Kier molecular flexibility index (Phi) is 1.59. The standard InChI is InChI=1S/C12H8N2O/c15-8-10-9-3-1-2-4-11(9)14-6-5-13-7-12(10)14/h1-8H. The van der Waals surface area contributed by atoms with E-state index in [4.69, 9.17) is 0 Å². The molecule has 0 amide bonds. The molecule has 0 aliphatic rings. The van der Waals surface area contributed by atoms with Crippen molar-refractivity contribution in [3.05, 3.63) is 48.4 Å². The molecule has 0 spiro atoms. The lowest BCUT2D eigenvalue weighted by Gasteiger charge is -1.93. The van der Waals surface area contributed by atoms with Gasteiger partial charge in [-0.1, -0.05) is 18.2 Å². The molecule has 0 bridgehead atoms. The first-order chi connectivity index (χ1) is 7.42.